The summed E-state index contributed by atoms with van der Waals surface area (Å²) in [6.07, 6.45) is 6.56. The van der Waals surface area contributed by atoms with Crippen molar-refractivity contribution in [2.24, 2.45) is 7.05 Å². The summed E-state index contributed by atoms with van der Waals surface area (Å²) < 4.78 is 12.2. The zero-order valence-electron chi connectivity index (χ0n) is 15.6. The van der Waals surface area contributed by atoms with Crippen molar-refractivity contribution in [2.75, 3.05) is 17.4 Å². The second kappa shape index (κ2) is 7.89. The fourth-order valence-electron chi connectivity index (χ4n) is 2.80. The molecule has 4 rings (SSSR count). The third kappa shape index (κ3) is 4.44. The molecule has 8 nitrogen and oxygen atoms in total. The molecule has 0 saturated heterocycles. The number of benzene rings is 2. The Morgan fingerprint density at radius 1 is 1.07 bits per heavy atom. The highest BCUT2D eigenvalue weighted by Crippen LogP contribution is 2.32. The molecular weight excluding hydrogens is 372 g/mol. The van der Waals surface area contributed by atoms with E-state index in [4.69, 9.17) is 9.47 Å². The predicted molar refractivity (Wildman–Crippen MR) is 108 cm³/mol. The van der Waals surface area contributed by atoms with Crippen LogP contribution in [0.1, 0.15) is 15.9 Å². The first-order valence-corrected chi connectivity index (χ1v) is 8.85. The average Bonchev–Trinajstić information content (AvgIpc) is 3.34. The predicted octanol–water partition coefficient (Wildman–Crippen LogP) is 3.05. The maximum absolute atomic E-state index is 12.5. The third-order valence-corrected chi connectivity index (χ3v) is 4.17. The first-order chi connectivity index (χ1) is 14.1. The summed E-state index contributed by atoms with van der Waals surface area (Å²) in [6, 6.07) is 11.9. The molecule has 0 spiro atoms. The lowest BCUT2D eigenvalue weighted by Gasteiger charge is -2.08. The lowest BCUT2D eigenvalue weighted by Crippen LogP contribution is -2.12. The smallest absolute Gasteiger partial charge is 0.255 e. The Balaban J connectivity index is 1.40. The van der Waals surface area contributed by atoms with E-state index in [0.717, 1.165) is 5.56 Å². The number of nitrogens with one attached hydrogen (secondary N) is 2. The van der Waals surface area contributed by atoms with Crippen molar-refractivity contribution in [3.63, 3.8) is 0 Å². The summed E-state index contributed by atoms with van der Waals surface area (Å²) in [7, 11) is 1.81. The molecule has 0 fully saturated rings. The second-order valence-corrected chi connectivity index (χ2v) is 6.37. The Kier molecular flexibility index (Phi) is 4.98. The Morgan fingerprint density at radius 3 is 2.66 bits per heavy atom. The molecule has 2 amide bonds. The number of rotatable bonds is 5. The highest BCUT2D eigenvalue weighted by Gasteiger charge is 2.16. The van der Waals surface area contributed by atoms with Gasteiger partial charge in [-0.3, -0.25) is 14.3 Å². The Morgan fingerprint density at radius 2 is 1.86 bits per heavy atom. The van der Waals surface area contributed by atoms with E-state index in [1.807, 2.05) is 0 Å². The van der Waals surface area contributed by atoms with E-state index in [0.29, 0.717) is 28.4 Å². The van der Waals surface area contributed by atoms with Crippen molar-refractivity contribution in [3.05, 3.63) is 72.1 Å². The first-order valence-electron chi connectivity index (χ1n) is 8.85. The van der Waals surface area contributed by atoms with Gasteiger partial charge in [0.05, 0.1) is 6.20 Å². The Labute approximate surface area is 166 Å². The summed E-state index contributed by atoms with van der Waals surface area (Å²) in [4.78, 5) is 24.6. The number of nitrogens with zero attached hydrogens (tertiary/aromatic N) is 2. The fourth-order valence-corrected chi connectivity index (χ4v) is 2.80. The van der Waals surface area contributed by atoms with Gasteiger partial charge in [-0.05, 0) is 42.5 Å². The molecule has 146 valence electrons. The van der Waals surface area contributed by atoms with Gasteiger partial charge in [-0.15, -0.1) is 0 Å². The molecule has 0 unspecified atom stereocenters. The SMILES string of the molecule is Cn1cc(C=CC(=O)Nc2cccc(NC(=O)c3ccc4c(c3)OCO4)c2)cn1. The minimum absolute atomic E-state index is 0.150. The van der Waals surface area contributed by atoms with Crippen LogP contribution in [0.25, 0.3) is 6.08 Å². The molecule has 29 heavy (non-hydrogen) atoms. The van der Waals surface area contributed by atoms with Gasteiger partial charge >= 0.3 is 0 Å². The van der Waals surface area contributed by atoms with E-state index in [2.05, 4.69) is 15.7 Å². The number of fused-ring (bicyclic) bond motifs is 1. The van der Waals surface area contributed by atoms with Crippen LogP contribution in [0.2, 0.25) is 0 Å². The van der Waals surface area contributed by atoms with Crippen LogP contribution in [0.5, 0.6) is 11.5 Å². The Bertz CT molecular complexity index is 1100. The number of aromatic nitrogens is 2. The molecular formula is C21H18N4O4. The van der Waals surface area contributed by atoms with Crippen LogP contribution in [0.4, 0.5) is 11.4 Å². The van der Waals surface area contributed by atoms with Crippen LogP contribution in [-0.2, 0) is 11.8 Å². The van der Waals surface area contributed by atoms with Crippen molar-refractivity contribution >= 4 is 29.3 Å². The van der Waals surface area contributed by atoms with Gasteiger partial charge in [0.2, 0.25) is 12.7 Å². The quantitative estimate of drug-likeness (QED) is 0.653. The van der Waals surface area contributed by atoms with Gasteiger partial charge in [-0.25, -0.2) is 0 Å². The van der Waals surface area contributed by atoms with Crippen molar-refractivity contribution < 1.29 is 19.1 Å². The van der Waals surface area contributed by atoms with E-state index < -0.39 is 0 Å². The number of anilines is 2. The monoisotopic (exact) mass is 390 g/mol. The summed E-state index contributed by atoms with van der Waals surface area (Å²) >= 11 is 0. The zero-order valence-corrected chi connectivity index (χ0v) is 15.6. The molecule has 0 aliphatic carbocycles. The summed E-state index contributed by atoms with van der Waals surface area (Å²) in [5.41, 5.74) is 2.39. The lowest BCUT2D eigenvalue weighted by atomic mass is 10.2. The number of carbonyl (C=O) groups excluding carboxylic acids is 2. The van der Waals surface area contributed by atoms with Gasteiger partial charge in [0.1, 0.15) is 0 Å². The van der Waals surface area contributed by atoms with Crippen LogP contribution < -0.4 is 20.1 Å². The molecule has 2 N–H and O–H groups in total. The highest BCUT2D eigenvalue weighted by molar-refractivity contribution is 6.06. The minimum atomic E-state index is -0.289. The third-order valence-electron chi connectivity index (χ3n) is 4.17. The van der Waals surface area contributed by atoms with Gasteiger partial charge in [-0.2, -0.15) is 5.10 Å². The molecule has 1 aliphatic rings. The zero-order chi connectivity index (χ0) is 20.2. The molecule has 2 aromatic carbocycles. The van der Waals surface area contributed by atoms with E-state index in [1.165, 1.54) is 6.08 Å². The topological polar surface area (TPSA) is 94.5 Å². The van der Waals surface area contributed by atoms with Crippen LogP contribution in [0.3, 0.4) is 0 Å². The molecule has 0 saturated carbocycles. The maximum Gasteiger partial charge on any atom is 0.255 e. The molecule has 1 aliphatic heterocycles. The highest BCUT2D eigenvalue weighted by atomic mass is 16.7. The van der Waals surface area contributed by atoms with E-state index in [9.17, 15) is 9.59 Å². The summed E-state index contributed by atoms with van der Waals surface area (Å²) in [5, 5.41) is 9.61. The lowest BCUT2D eigenvalue weighted by molar-refractivity contribution is -0.111. The van der Waals surface area contributed by atoms with Crippen LogP contribution in [0.15, 0.2) is 60.9 Å². The molecule has 2 heterocycles. The maximum atomic E-state index is 12.5. The fraction of sp³-hybridized carbons (Fsp3) is 0.0952. The number of hydrogen-bond acceptors (Lipinski definition) is 5. The van der Waals surface area contributed by atoms with Gasteiger partial charge in [0, 0.05) is 41.8 Å². The molecule has 0 atom stereocenters. The molecule has 3 aromatic rings. The first kappa shape index (κ1) is 18.3. The summed E-state index contributed by atoms with van der Waals surface area (Å²) in [6.45, 7) is 0.150. The number of hydrogen-bond donors (Lipinski definition) is 2. The van der Waals surface area contributed by atoms with Crippen LogP contribution in [0, 0.1) is 0 Å². The number of carbonyl (C=O) groups is 2. The largest absolute Gasteiger partial charge is 0.454 e. The van der Waals surface area contributed by atoms with Crippen molar-refractivity contribution in [2.45, 2.75) is 0 Å². The van der Waals surface area contributed by atoms with Gasteiger partial charge in [-0.1, -0.05) is 6.07 Å². The second-order valence-electron chi connectivity index (χ2n) is 6.37. The van der Waals surface area contributed by atoms with Crippen LogP contribution >= 0.6 is 0 Å². The van der Waals surface area contributed by atoms with Crippen molar-refractivity contribution in [1.29, 1.82) is 0 Å². The molecule has 0 radical (unpaired) electrons. The molecule has 8 heteroatoms. The van der Waals surface area contributed by atoms with Crippen molar-refractivity contribution in [1.82, 2.24) is 9.78 Å². The normalized spacial score (nSPS) is 12.2. The van der Waals surface area contributed by atoms with Gasteiger partial charge in [0.25, 0.3) is 5.91 Å². The summed E-state index contributed by atoms with van der Waals surface area (Å²) in [5.74, 6) is 0.584. The van der Waals surface area contributed by atoms with E-state index >= 15 is 0 Å². The van der Waals surface area contributed by atoms with E-state index in [1.54, 1.807) is 72.7 Å². The number of ether oxygens (including phenoxy) is 2. The standard InChI is InChI=1S/C21H18N4O4/c1-25-12-14(11-22-25)5-8-20(26)23-16-3-2-4-17(10-16)24-21(27)15-6-7-18-19(9-15)29-13-28-18/h2-12H,13H2,1H3,(H,23,26)(H,24,27). The van der Waals surface area contributed by atoms with Crippen molar-refractivity contribution in [3.8, 4) is 11.5 Å². The van der Waals surface area contributed by atoms with Gasteiger partial charge < -0.3 is 20.1 Å². The van der Waals surface area contributed by atoms with E-state index in [-0.39, 0.29) is 18.6 Å². The average molecular weight is 390 g/mol. The molecule has 0 bridgehead atoms. The molecule has 1 aromatic heterocycles. The Hall–Kier alpha value is -4.07. The van der Waals surface area contributed by atoms with Gasteiger partial charge in [0.15, 0.2) is 11.5 Å². The number of amides is 2. The minimum Gasteiger partial charge on any atom is -0.454 e. The number of aryl methyl sites for hydroxylation is 1. The van der Waals surface area contributed by atoms with Crippen LogP contribution in [-0.4, -0.2) is 28.4 Å².